The summed E-state index contributed by atoms with van der Waals surface area (Å²) in [6.07, 6.45) is 1.86. The monoisotopic (exact) mass is 410 g/mol. The number of nitrogens with zero attached hydrogens (tertiary/aromatic N) is 2. The van der Waals surface area contributed by atoms with Gasteiger partial charge in [-0.05, 0) is 36.9 Å². The summed E-state index contributed by atoms with van der Waals surface area (Å²) in [5, 5.41) is 1.94. The number of ether oxygens (including phenoxy) is 1. The number of carbonyl (C=O) groups is 1. The van der Waals surface area contributed by atoms with Gasteiger partial charge in [-0.1, -0.05) is 47.7 Å². The first-order valence-electron chi connectivity index (χ1n) is 8.88. The first-order valence-corrected chi connectivity index (χ1v) is 10.6. The Balaban J connectivity index is 1.95. The van der Waals surface area contributed by atoms with E-state index in [1.54, 1.807) is 18.4 Å². The van der Waals surface area contributed by atoms with E-state index in [4.69, 9.17) is 4.74 Å². The number of rotatable bonds is 4. The molecule has 0 amide bonds. The molecule has 1 aliphatic rings. The zero-order valence-corrected chi connectivity index (χ0v) is 17.0. The Morgan fingerprint density at radius 2 is 2.04 bits per heavy atom. The van der Waals surface area contributed by atoms with Crippen molar-refractivity contribution < 1.29 is 9.53 Å². The highest BCUT2D eigenvalue weighted by atomic mass is 32.1. The fourth-order valence-corrected chi connectivity index (χ4v) is 5.08. The van der Waals surface area contributed by atoms with E-state index in [1.807, 2.05) is 53.9 Å². The Labute approximate surface area is 169 Å². The van der Waals surface area contributed by atoms with Gasteiger partial charge in [-0.15, -0.1) is 11.3 Å². The predicted octanol–water partition coefficient (Wildman–Crippen LogP) is 2.86. The SMILES string of the molecule is CCOC(=O)C1=C(C)N=c2s/c(=C/c3ccccc3)c(=O)n2C1c1cccs1. The summed E-state index contributed by atoms with van der Waals surface area (Å²) in [6, 6.07) is 13.0. The maximum atomic E-state index is 13.3. The van der Waals surface area contributed by atoms with Gasteiger partial charge in [-0.25, -0.2) is 9.79 Å². The minimum Gasteiger partial charge on any atom is -0.463 e. The van der Waals surface area contributed by atoms with Crippen molar-refractivity contribution in [1.82, 2.24) is 4.57 Å². The normalized spacial score (nSPS) is 16.6. The van der Waals surface area contributed by atoms with Crippen LogP contribution in [0.1, 0.15) is 30.3 Å². The molecule has 3 aromatic rings. The number of carbonyl (C=O) groups excluding carboxylic acids is 1. The van der Waals surface area contributed by atoms with Gasteiger partial charge < -0.3 is 4.74 Å². The van der Waals surface area contributed by atoms with Gasteiger partial charge in [0.05, 0.1) is 22.4 Å². The number of allylic oxidation sites excluding steroid dienone is 1. The van der Waals surface area contributed by atoms with Crippen LogP contribution in [0.4, 0.5) is 0 Å². The summed E-state index contributed by atoms with van der Waals surface area (Å²) < 4.78 is 7.47. The van der Waals surface area contributed by atoms with Crippen molar-refractivity contribution in [3.05, 3.63) is 89.2 Å². The van der Waals surface area contributed by atoms with E-state index in [9.17, 15) is 9.59 Å². The van der Waals surface area contributed by atoms with E-state index >= 15 is 0 Å². The maximum absolute atomic E-state index is 13.3. The van der Waals surface area contributed by atoms with Crippen LogP contribution >= 0.6 is 22.7 Å². The summed E-state index contributed by atoms with van der Waals surface area (Å²) in [5.74, 6) is -0.431. The van der Waals surface area contributed by atoms with Crippen LogP contribution in [0.25, 0.3) is 6.08 Å². The quantitative estimate of drug-likeness (QED) is 0.622. The van der Waals surface area contributed by atoms with Crippen molar-refractivity contribution in [1.29, 1.82) is 0 Å². The molecule has 0 radical (unpaired) electrons. The molecule has 28 heavy (non-hydrogen) atoms. The van der Waals surface area contributed by atoms with E-state index in [0.717, 1.165) is 10.4 Å². The van der Waals surface area contributed by atoms with Gasteiger partial charge >= 0.3 is 5.97 Å². The van der Waals surface area contributed by atoms with Gasteiger partial charge in [0.15, 0.2) is 4.80 Å². The zero-order valence-electron chi connectivity index (χ0n) is 15.4. The fraction of sp³-hybridized carbons (Fsp3) is 0.190. The lowest BCUT2D eigenvalue weighted by atomic mass is 10.0. The van der Waals surface area contributed by atoms with Crippen molar-refractivity contribution in [3.63, 3.8) is 0 Å². The third-order valence-electron chi connectivity index (χ3n) is 4.43. The van der Waals surface area contributed by atoms with Crippen molar-refractivity contribution in [2.45, 2.75) is 19.9 Å². The lowest BCUT2D eigenvalue weighted by molar-refractivity contribution is -0.139. The van der Waals surface area contributed by atoms with Gasteiger partial charge in [0, 0.05) is 4.88 Å². The molecule has 1 aromatic carbocycles. The Hall–Kier alpha value is -2.77. The third-order valence-corrected chi connectivity index (χ3v) is 6.33. The molecule has 0 spiro atoms. The summed E-state index contributed by atoms with van der Waals surface area (Å²) >= 11 is 2.84. The summed E-state index contributed by atoms with van der Waals surface area (Å²) in [7, 11) is 0. The van der Waals surface area contributed by atoms with Gasteiger partial charge in [0.2, 0.25) is 0 Å². The molecule has 4 rings (SSSR count). The molecule has 0 N–H and O–H groups in total. The molecule has 5 nitrogen and oxygen atoms in total. The Morgan fingerprint density at radius 1 is 1.25 bits per heavy atom. The number of aromatic nitrogens is 1. The van der Waals surface area contributed by atoms with Gasteiger partial charge in [0.1, 0.15) is 6.04 Å². The lowest BCUT2D eigenvalue weighted by Crippen LogP contribution is -2.39. The van der Waals surface area contributed by atoms with E-state index < -0.39 is 12.0 Å². The number of benzene rings is 1. The highest BCUT2D eigenvalue weighted by Gasteiger charge is 2.33. The van der Waals surface area contributed by atoms with E-state index in [2.05, 4.69) is 4.99 Å². The Bertz CT molecular complexity index is 1220. The topological polar surface area (TPSA) is 60.7 Å². The van der Waals surface area contributed by atoms with Crippen LogP contribution in [0.5, 0.6) is 0 Å². The predicted molar refractivity (Wildman–Crippen MR) is 111 cm³/mol. The second-order valence-electron chi connectivity index (χ2n) is 6.23. The molecule has 1 atom stereocenters. The molecule has 0 fully saturated rings. The fourth-order valence-electron chi connectivity index (χ4n) is 3.21. The minimum absolute atomic E-state index is 0.152. The van der Waals surface area contributed by atoms with Crippen molar-refractivity contribution in [3.8, 4) is 0 Å². The number of thiazole rings is 1. The van der Waals surface area contributed by atoms with Crippen molar-refractivity contribution in [2.24, 2.45) is 4.99 Å². The van der Waals surface area contributed by atoms with Crippen LogP contribution in [-0.2, 0) is 9.53 Å². The number of hydrogen-bond acceptors (Lipinski definition) is 6. The largest absolute Gasteiger partial charge is 0.463 e. The van der Waals surface area contributed by atoms with E-state index in [-0.39, 0.29) is 12.2 Å². The smallest absolute Gasteiger partial charge is 0.338 e. The second-order valence-corrected chi connectivity index (χ2v) is 8.22. The van der Waals surface area contributed by atoms with Crippen molar-refractivity contribution in [2.75, 3.05) is 6.61 Å². The minimum atomic E-state index is -0.520. The average Bonchev–Trinajstić information content (AvgIpc) is 3.31. The van der Waals surface area contributed by atoms with Gasteiger partial charge in [0.25, 0.3) is 5.56 Å². The molecule has 0 aliphatic carbocycles. The molecule has 0 saturated carbocycles. The summed E-state index contributed by atoms with van der Waals surface area (Å²) in [4.78, 5) is 32.0. The molecular formula is C21H18N2O3S2. The molecule has 0 saturated heterocycles. The van der Waals surface area contributed by atoms with Gasteiger partial charge in [-0.2, -0.15) is 0 Å². The van der Waals surface area contributed by atoms with E-state index in [1.165, 1.54) is 22.7 Å². The Morgan fingerprint density at radius 3 is 2.71 bits per heavy atom. The summed E-state index contributed by atoms with van der Waals surface area (Å²) in [5.41, 5.74) is 1.80. The van der Waals surface area contributed by atoms with Crippen LogP contribution in [-0.4, -0.2) is 17.1 Å². The number of fused-ring (bicyclic) bond motifs is 1. The average molecular weight is 411 g/mol. The molecule has 1 unspecified atom stereocenters. The first kappa shape index (κ1) is 18.6. The molecule has 2 aromatic heterocycles. The number of esters is 1. The number of thiophene rings is 1. The zero-order chi connectivity index (χ0) is 19.7. The van der Waals surface area contributed by atoms with Crippen LogP contribution in [0.3, 0.4) is 0 Å². The molecule has 142 valence electrons. The first-order chi connectivity index (χ1) is 13.6. The third kappa shape index (κ3) is 3.27. The Kier molecular flexibility index (Phi) is 5.11. The highest BCUT2D eigenvalue weighted by molar-refractivity contribution is 7.10. The van der Waals surface area contributed by atoms with Crippen LogP contribution in [0.2, 0.25) is 0 Å². The molecule has 0 bridgehead atoms. The van der Waals surface area contributed by atoms with Crippen LogP contribution in [0, 0.1) is 0 Å². The maximum Gasteiger partial charge on any atom is 0.338 e. The molecular weight excluding hydrogens is 392 g/mol. The van der Waals surface area contributed by atoms with Gasteiger partial charge in [-0.3, -0.25) is 9.36 Å². The van der Waals surface area contributed by atoms with E-state index in [0.29, 0.717) is 20.6 Å². The number of hydrogen-bond donors (Lipinski definition) is 0. The second kappa shape index (κ2) is 7.69. The highest BCUT2D eigenvalue weighted by Crippen LogP contribution is 2.33. The lowest BCUT2D eigenvalue weighted by Gasteiger charge is -2.23. The van der Waals surface area contributed by atoms with Crippen molar-refractivity contribution >= 4 is 34.7 Å². The van der Waals surface area contributed by atoms with Crippen LogP contribution < -0.4 is 14.9 Å². The van der Waals surface area contributed by atoms with Crippen LogP contribution in [0.15, 0.2) is 68.9 Å². The summed E-state index contributed by atoms with van der Waals surface area (Å²) in [6.45, 7) is 3.83. The molecule has 3 heterocycles. The standard InChI is InChI=1S/C21H18N2O3S2/c1-3-26-20(25)17-13(2)22-21-23(18(17)15-10-7-11-27-15)19(24)16(28-21)12-14-8-5-4-6-9-14/h4-12,18H,3H2,1-2H3/b16-12+. The molecule has 7 heteroatoms. The molecule has 1 aliphatic heterocycles.